The number of carbonyl (C=O) groups excluding carboxylic acids is 1. The van der Waals surface area contributed by atoms with Crippen LogP contribution in [-0.4, -0.2) is 23.0 Å². The molecule has 1 aliphatic carbocycles. The third-order valence-corrected chi connectivity index (χ3v) is 4.76. The second-order valence-corrected chi connectivity index (χ2v) is 5.91. The van der Waals surface area contributed by atoms with E-state index in [-0.39, 0.29) is 18.4 Å². The lowest BCUT2D eigenvalue weighted by Gasteiger charge is -2.31. The molecule has 1 amide bonds. The van der Waals surface area contributed by atoms with E-state index in [1.54, 1.807) is 0 Å². The van der Waals surface area contributed by atoms with Gasteiger partial charge in [0.1, 0.15) is 0 Å². The quantitative estimate of drug-likeness (QED) is 0.779. The summed E-state index contributed by atoms with van der Waals surface area (Å²) in [5.74, 6) is -0.464. The van der Waals surface area contributed by atoms with Gasteiger partial charge in [-0.25, -0.2) is 0 Å². The molecule has 2 unspecified atom stereocenters. The Balaban J connectivity index is 2.60. The number of rotatable bonds is 6. The predicted octanol–water partition coefficient (Wildman–Crippen LogP) is 2.96. The fraction of sp³-hybridized carbons (Fsp3) is 0.867. The van der Waals surface area contributed by atoms with Crippen molar-refractivity contribution in [3.63, 3.8) is 0 Å². The van der Waals surface area contributed by atoms with Crippen molar-refractivity contribution in [3.8, 4) is 0 Å². The maximum atomic E-state index is 12.1. The number of aliphatic carboxylic acids is 1. The summed E-state index contributed by atoms with van der Waals surface area (Å²) >= 11 is 0. The predicted molar refractivity (Wildman–Crippen MR) is 74.8 cm³/mol. The van der Waals surface area contributed by atoms with E-state index in [2.05, 4.69) is 12.2 Å². The summed E-state index contributed by atoms with van der Waals surface area (Å²) in [6, 6.07) is 0.224. The number of amides is 1. The fourth-order valence-corrected chi connectivity index (χ4v) is 2.97. The molecule has 0 aromatic heterocycles. The summed E-state index contributed by atoms with van der Waals surface area (Å²) in [6.45, 7) is 5.84. The van der Waals surface area contributed by atoms with Crippen molar-refractivity contribution in [1.82, 2.24) is 5.32 Å². The van der Waals surface area contributed by atoms with Crippen molar-refractivity contribution in [2.24, 2.45) is 11.3 Å². The van der Waals surface area contributed by atoms with Crippen LogP contribution in [0.2, 0.25) is 0 Å². The zero-order valence-corrected chi connectivity index (χ0v) is 12.4. The van der Waals surface area contributed by atoms with Crippen LogP contribution in [0.25, 0.3) is 0 Å². The number of hydrogen-bond acceptors (Lipinski definition) is 2. The van der Waals surface area contributed by atoms with Crippen molar-refractivity contribution in [2.75, 3.05) is 0 Å². The van der Waals surface area contributed by atoms with Crippen LogP contribution in [-0.2, 0) is 9.59 Å². The van der Waals surface area contributed by atoms with Gasteiger partial charge in [-0.2, -0.15) is 0 Å². The molecule has 0 saturated heterocycles. The molecular weight excluding hydrogens is 242 g/mol. The standard InChI is InChI=1S/C15H27NO3/c1-4-15(5-2,14(18)19)10-13(17)16-12-9-7-6-8-11(12)3/h11-12H,4-10H2,1-3H3,(H,16,17)(H,18,19). The lowest BCUT2D eigenvalue weighted by molar-refractivity contribution is -0.152. The van der Waals surface area contributed by atoms with Crippen molar-refractivity contribution < 1.29 is 14.7 Å². The molecule has 2 atom stereocenters. The van der Waals surface area contributed by atoms with Gasteiger partial charge in [0, 0.05) is 12.5 Å². The lowest BCUT2D eigenvalue weighted by Crippen LogP contribution is -2.44. The van der Waals surface area contributed by atoms with Crippen molar-refractivity contribution in [3.05, 3.63) is 0 Å². The number of nitrogens with one attached hydrogen (secondary N) is 1. The third kappa shape index (κ3) is 3.95. The maximum Gasteiger partial charge on any atom is 0.310 e. The molecule has 110 valence electrons. The summed E-state index contributed by atoms with van der Waals surface area (Å²) in [6.07, 6.45) is 5.64. The highest BCUT2D eigenvalue weighted by Gasteiger charge is 2.37. The van der Waals surface area contributed by atoms with Crippen LogP contribution in [0, 0.1) is 11.3 Å². The van der Waals surface area contributed by atoms with E-state index in [9.17, 15) is 14.7 Å². The zero-order valence-electron chi connectivity index (χ0n) is 12.4. The van der Waals surface area contributed by atoms with Gasteiger partial charge in [-0.05, 0) is 31.6 Å². The van der Waals surface area contributed by atoms with Crippen molar-refractivity contribution >= 4 is 11.9 Å². The Hall–Kier alpha value is -1.06. The van der Waals surface area contributed by atoms with Gasteiger partial charge in [-0.3, -0.25) is 9.59 Å². The molecule has 0 heterocycles. The number of carboxylic acids is 1. The molecule has 2 N–H and O–H groups in total. The first-order valence-corrected chi connectivity index (χ1v) is 7.48. The number of hydrogen-bond donors (Lipinski definition) is 2. The van der Waals surface area contributed by atoms with Crippen LogP contribution < -0.4 is 5.32 Å². The molecule has 0 aromatic carbocycles. The highest BCUT2D eigenvalue weighted by atomic mass is 16.4. The van der Waals surface area contributed by atoms with Gasteiger partial charge < -0.3 is 10.4 Å². The highest BCUT2D eigenvalue weighted by Crippen LogP contribution is 2.31. The van der Waals surface area contributed by atoms with Gasteiger partial charge in [0.25, 0.3) is 0 Å². The first kappa shape index (κ1) is 16.0. The Labute approximate surface area is 116 Å². The average molecular weight is 269 g/mol. The van der Waals surface area contributed by atoms with E-state index in [1.165, 1.54) is 6.42 Å². The van der Waals surface area contributed by atoms with E-state index < -0.39 is 11.4 Å². The van der Waals surface area contributed by atoms with Gasteiger partial charge in [-0.15, -0.1) is 0 Å². The zero-order chi connectivity index (χ0) is 14.5. The Kier molecular flexibility index (Phi) is 5.83. The molecule has 0 bridgehead atoms. The molecule has 0 spiro atoms. The van der Waals surface area contributed by atoms with Crippen LogP contribution in [0.4, 0.5) is 0 Å². The number of carboxylic acid groups (broad SMARTS) is 1. The topological polar surface area (TPSA) is 66.4 Å². The Morgan fingerprint density at radius 2 is 1.79 bits per heavy atom. The average Bonchev–Trinajstić information content (AvgIpc) is 2.38. The first-order chi connectivity index (χ1) is 8.95. The van der Waals surface area contributed by atoms with Crippen LogP contribution in [0.5, 0.6) is 0 Å². The minimum absolute atomic E-state index is 0.0958. The molecular formula is C15H27NO3. The highest BCUT2D eigenvalue weighted by molar-refractivity contribution is 5.85. The Morgan fingerprint density at radius 1 is 1.21 bits per heavy atom. The minimum Gasteiger partial charge on any atom is -0.481 e. The molecule has 1 aliphatic rings. The van der Waals surface area contributed by atoms with E-state index in [1.807, 2.05) is 13.8 Å². The normalized spacial score (nSPS) is 23.9. The molecule has 1 rings (SSSR count). The summed E-state index contributed by atoms with van der Waals surface area (Å²) in [7, 11) is 0. The van der Waals surface area contributed by atoms with Gasteiger partial charge in [0.2, 0.25) is 5.91 Å². The fourth-order valence-electron chi connectivity index (χ4n) is 2.97. The molecule has 0 aromatic rings. The Bertz CT molecular complexity index is 323. The molecule has 4 nitrogen and oxygen atoms in total. The van der Waals surface area contributed by atoms with Crippen molar-refractivity contribution in [1.29, 1.82) is 0 Å². The third-order valence-electron chi connectivity index (χ3n) is 4.76. The summed E-state index contributed by atoms with van der Waals surface area (Å²) in [4.78, 5) is 23.5. The minimum atomic E-state index is -0.901. The van der Waals surface area contributed by atoms with Crippen LogP contribution in [0.15, 0.2) is 0 Å². The van der Waals surface area contributed by atoms with E-state index in [0.717, 1.165) is 19.3 Å². The smallest absolute Gasteiger partial charge is 0.310 e. The van der Waals surface area contributed by atoms with Crippen LogP contribution >= 0.6 is 0 Å². The van der Waals surface area contributed by atoms with Gasteiger partial charge in [0.05, 0.1) is 5.41 Å². The van der Waals surface area contributed by atoms with E-state index in [0.29, 0.717) is 18.8 Å². The monoisotopic (exact) mass is 269 g/mol. The van der Waals surface area contributed by atoms with Gasteiger partial charge in [-0.1, -0.05) is 33.6 Å². The Morgan fingerprint density at radius 3 is 2.26 bits per heavy atom. The molecule has 4 heteroatoms. The largest absolute Gasteiger partial charge is 0.481 e. The van der Waals surface area contributed by atoms with E-state index >= 15 is 0 Å². The second-order valence-electron chi connectivity index (χ2n) is 5.91. The molecule has 19 heavy (non-hydrogen) atoms. The summed E-state index contributed by atoms with van der Waals surface area (Å²) in [5, 5.41) is 12.4. The van der Waals surface area contributed by atoms with Crippen molar-refractivity contribution in [2.45, 2.75) is 71.8 Å². The van der Waals surface area contributed by atoms with Gasteiger partial charge >= 0.3 is 5.97 Å². The molecule has 1 fully saturated rings. The van der Waals surface area contributed by atoms with Crippen LogP contribution in [0.3, 0.4) is 0 Å². The maximum absolute atomic E-state index is 12.1. The summed E-state index contributed by atoms with van der Waals surface area (Å²) < 4.78 is 0. The first-order valence-electron chi connectivity index (χ1n) is 7.48. The summed E-state index contributed by atoms with van der Waals surface area (Å²) in [5.41, 5.74) is -0.901. The van der Waals surface area contributed by atoms with E-state index in [4.69, 9.17) is 0 Å². The molecule has 1 saturated carbocycles. The lowest BCUT2D eigenvalue weighted by atomic mass is 9.78. The molecule has 0 aliphatic heterocycles. The number of carbonyl (C=O) groups is 2. The van der Waals surface area contributed by atoms with Crippen LogP contribution in [0.1, 0.15) is 65.7 Å². The SMILES string of the molecule is CCC(CC)(CC(=O)NC1CCCCC1C)C(=O)O. The van der Waals surface area contributed by atoms with Gasteiger partial charge in [0.15, 0.2) is 0 Å². The second kappa shape index (κ2) is 6.92. The molecule has 0 radical (unpaired) electrons.